The minimum atomic E-state index is -0.443. The van der Waals surface area contributed by atoms with Crippen molar-refractivity contribution in [1.82, 2.24) is 9.97 Å². The predicted octanol–water partition coefficient (Wildman–Crippen LogP) is 5.43. The van der Waals surface area contributed by atoms with Crippen LogP contribution in [-0.4, -0.2) is 34.0 Å². The number of thiazole rings is 1. The van der Waals surface area contributed by atoms with Gasteiger partial charge in [0.15, 0.2) is 16.6 Å². The highest BCUT2D eigenvalue weighted by Gasteiger charge is 2.25. The molecular formula is C24H16N4O5S2. The van der Waals surface area contributed by atoms with E-state index in [9.17, 15) is 14.9 Å². The number of nitro benzene ring substituents is 1. The Kier molecular flexibility index (Phi) is 5.27. The standard InChI is InChI=1S/C24H16N4O5S2/c29-23(22-9-15-8-16(28(30)31)3-4-20(15)34-22)27(13-14-2-1-5-25-12-14)24-26-17-10-18-19(11-21(17)35-24)33-7-6-32-18/h1-5,8-12H,6-7,13H2. The molecule has 1 aliphatic heterocycles. The Morgan fingerprint density at radius 3 is 2.66 bits per heavy atom. The van der Waals surface area contributed by atoms with Gasteiger partial charge in [-0.1, -0.05) is 17.4 Å². The monoisotopic (exact) mass is 504 g/mol. The first-order valence-corrected chi connectivity index (χ1v) is 12.3. The quantitative estimate of drug-likeness (QED) is 0.232. The van der Waals surface area contributed by atoms with Gasteiger partial charge in [0.1, 0.15) is 13.2 Å². The zero-order valence-corrected chi connectivity index (χ0v) is 19.7. The van der Waals surface area contributed by atoms with E-state index in [0.29, 0.717) is 45.6 Å². The number of rotatable bonds is 5. The number of benzene rings is 2. The van der Waals surface area contributed by atoms with Crippen LogP contribution in [0, 0.1) is 10.1 Å². The molecule has 174 valence electrons. The summed E-state index contributed by atoms with van der Waals surface area (Å²) in [5.74, 6) is 1.06. The summed E-state index contributed by atoms with van der Waals surface area (Å²) in [6.45, 7) is 1.23. The lowest BCUT2D eigenvalue weighted by atomic mass is 10.2. The van der Waals surface area contributed by atoms with Gasteiger partial charge in [0.05, 0.1) is 26.6 Å². The molecule has 3 aromatic heterocycles. The van der Waals surface area contributed by atoms with E-state index in [2.05, 4.69) is 4.98 Å². The van der Waals surface area contributed by atoms with Crippen LogP contribution in [0.1, 0.15) is 15.2 Å². The summed E-state index contributed by atoms with van der Waals surface area (Å²) in [6, 6.07) is 13.7. The molecule has 9 nitrogen and oxygen atoms in total. The van der Waals surface area contributed by atoms with Crippen molar-refractivity contribution in [2.24, 2.45) is 0 Å². The number of ether oxygens (including phenoxy) is 2. The average Bonchev–Trinajstić information content (AvgIpc) is 3.49. The molecule has 0 unspecified atom stereocenters. The number of carbonyl (C=O) groups is 1. The summed E-state index contributed by atoms with van der Waals surface area (Å²) >= 11 is 2.68. The number of carbonyl (C=O) groups excluding carboxylic acids is 1. The largest absolute Gasteiger partial charge is 0.486 e. The van der Waals surface area contributed by atoms with Crippen LogP contribution in [-0.2, 0) is 6.54 Å². The van der Waals surface area contributed by atoms with E-state index in [4.69, 9.17) is 14.5 Å². The fourth-order valence-corrected chi connectivity index (χ4v) is 5.82. The molecule has 0 bridgehead atoms. The molecule has 0 N–H and O–H groups in total. The summed E-state index contributed by atoms with van der Waals surface area (Å²) in [6.07, 6.45) is 3.39. The summed E-state index contributed by atoms with van der Waals surface area (Å²) in [5.41, 5.74) is 1.55. The van der Waals surface area contributed by atoms with Crippen molar-refractivity contribution in [3.63, 3.8) is 0 Å². The summed E-state index contributed by atoms with van der Waals surface area (Å²) in [7, 11) is 0. The van der Waals surface area contributed by atoms with Crippen LogP contribution in [0.25, 0.3) is 20.3 Å². The topological polar surface area (TPSA) is 108 Å². The van der Waals surface area contributed by atoms with Gasteiger partial charge in [0, 0.05) is 46.7 Å². The smallest absolute Gasteiger partial charge is 0.270 e. The molecule has 5 aromatic rings. The van der Waals surface area contributed by atoms with Crippen LogP contribution in [0.15, 0.2) is 60.9 Å². The molecule has 1 amide bonds. The van der Waals surface area contributed by atoms with E-state index >= 15 is 0 Å². The number of non-ortho nitro benzene ring substituents is 1. The third kappa shape index (κ3) is 4.04. The molecular weight excluding hydrogens is 488 g/mol. The van der Waals surface area contributed by atoms with Crippen molar-refractivity contribution >= 4 is 59.7 Å². The Morgan fingerprint density at radius 2 is 1.89 bits per heavy atom. The van der Waals surface area contributed by atoms with E-state index in [0.717, 1.165) is 15.0 Å². The minimum absolute atomic E-state index is 0.0129. The Hall–Kier alpha value is -4.09. The van der Waals surface area contributed by atoms with Crippen molar-refractivity contribution in [1.29, 1.82) is 0 Å². The number of hydrogen-bond donors (Lipinski definition) is 0. The van der Waals surface area contributed by atoms with Gasteiger partial charge in [-0.3, -0.25) is 24.8 Å². The van der Waals surface area contributed by atoms with Crippen LogP contribution in [0.4, 0.5) is 10.8 Å². The second-order valence-electron chi connectivity index (χ2n) is 7.80. The van der Waals surface area contributed by atoms with Gasteiger partial charge < -0.3 is 9.47 Å². The van der Waals surface area contributed by atoms with E-state index in [1.807, 2.05) is 24.3 Å². The predicted molar refractivity (Wildman–Crippen MR) is 134 cm³/mol. The number of amides is 1. The molecule has 35 heavy (non-hydrogen) atoms. The molecule has 0 saturated carbocycles. The number of fused-ring (bicyclic) bond motifs is 3. The molecule has 0 aliphatic carbocycles. The lowest BCUT2D eigenvalue weighted by molar-refractivity contribution is -0.384. The summed E-state index contributed by atoms with van der Waals surface area (Å²) in [4.78, 5) is 35.5. The van der Waals surface area contributed by atoms with Crippen molar-refractivity contribution < 1.29 is 19.2 Å². The highest BCUT2D eigenvalue weighted by Crippen LogP contribution is 2.40. The summed E-state index contributed by atoms with van der Waals surface area (Å²) in [5, 5.41) is 12.3. The Morgan fingerprint density at radius 1 is 1.06 bits per heavy atom. The maximum Gasteiger partial charge on any atom is 0.270 e. The van der Waals surface area contributed by atoms with Crippen LogP contribution in [0.2, 0.25) is 0 Å². The fourth-order valence-electron chi connectivity index (χ4n) is 3.85. The number of thiophene rings is 1. The molecule has 2 aromatic carbocycles. The van der Waals surface area contributed by atoms with Gasteiger partial charge in [-0.05, 0) is 23.8 Å². The molecule has 0 spiro atoms. The first-order valence-electron chi connectivity index (χ1n) is 10.6. The zero-order chi connectivity index (χ0) is 23.9. The van der Waals surface area contributed by atoms with Crippen molar-refractivity contribution in [2.45, 2.75) is 6.54 Å². The molecule has 11 heteroatoms. The lowest BCUT2D eigenvalue weighted by Gasteiger charge is -2.19. The van der Waals surface area contributed by atoms with E-state index in [1.165, 1.54) is 34.8 Å². The lowest BCUT2D eigenvalue weighted by Crippen LogP contribution is -2.29. The number of aromatic nitrogens is 2. The minimum Gasteiger partial charge on any atom is -0.486 e. The van der Waals surface area contributed by atoms with Crippen LogP contribution >= 0.6 is 22.7 Å². The number of pyridine rings is 1. The third-order valence-corrected chi connectivity index (χ3v) is 7.65. The van der Waals surface area contributed by atoms with Gasteiger partial charge >= 0.3 is 0 Å². The molecule has 1 aliphatic rings. The maximum atomic E-state index is 13.8. The number of anilines is 1. The van der Waals surface area contributed by atoms with Gasteiger partial charge in [-0.25, -0.2) is 4.98 Å². The highest BCUT2D eigenvalue weighted by molar-refractivity contribution is 7.23. The fraction of sp³-hybridized carbons (Fsp3) is 0.125. The van der Waals surface area contributed by atoms with E-state index in [1.54, 1.807) is 29.4 Å². The van der Waals surface area contributed by atoms with Gasteiger partial charge in [-0.15, -0.1) is 11.3 Å². The molecule has 4 heterocycles. The van der Waals surface area contributed by atoms with Gasteiger partial charge in [-0.2, -0.15) is 0 Å². The van der Waals surface area contributed by atoms with E-state index in [-0.39, 0.29) is 18.1 Å². The number of hydrogen-bond acceptors (Lipinski definition) is 9. The molecule has 0 fully saturated rings. The van der Waals surface area contributed by atoms with Crippen molar-refractivity contribution in [3.05, 3.63) is 81.5 Å². The first-order chi connectivity index (χ1) is 17.0. The van der Waals surface area contributed by atoms with E-state index < -0.39 is 4.92 Å². The number of nitro groups is 1. The third-order valence-electron chi connectivity index (χ3n) is 5.50. The Labute approximate surface area is 206 Å². The Balaban J connectivity index is 1.42. The van der Waals surface area contributed by atoms with Gasteiger partial charge in [0.2, 0.25) is 0 Å². The molecule has 6 rings (SSSR count). The van der Waals surface area contributed by atoms with Crippen molar-refractivity contribution in [3.8, 4) is 11.5 Å². The zero-order valence-electron chi connectivity index (χ0n) is 18.0. The first kappa shape index (κ1) is 21.4. The molecule has 0 saturated heterocycles. The second kappa shape index (κ2) is 8.60. The van der Waals surface area contributed by atoms with Crippen molar-refractivity contribution in [2.75, 3.05) is 18.1 Å². The SMILES string of the molecule is O=C(c1cc2cc([N+](=O)[O-])ccc2s1)N(Cc1cccnc1)c1nc2cc3c(cc2s1)OCCO3. The van der Waals surface area contributed by atoms with Crippen LogP contribution in [0.3, 0.4) is 0 Å². The molecule has 0 atom stereocenters. The summed E-state index contributed by atoms with van der Waals surface area (Å²) < 4.78 is 13.0. The number of nitrogens with zero attached hydrogens (tertiary/aromatic N) is 4. The van der Waals surface area contributed by atoms with Gasteiger partial charge in [0.25, 0.3) is 11.6 Å². The highest BCUT2D eigenvalue weighted by atomic mass is 32.1. The molecule has 0 radical (unpaired) electrons. The average molecular weight is 505 g/mol. The normalized spacial score (nSPS) is 12.7. The van der Waals surface area contributed by atoms with Crippen LogP contribution in [0.5, 0.6) is 11.5 Å². The Bertz CT molecular complexity index is 1560. The maximum absolute atomic E-state index is 13.8. The van der Waals surface area contributed by atoms with Crippen LogP contribution < -0.4 is 14.4 Å². The second-order valence-corrected chi connectivity index (χ2v) is 9.90.